The highest BCUT2D eigenvalue weighted by atomic mass is 16.5. The fraction of sp³-hybridized carbons (Fsp3) is 0.111. The Hall–Kier alpha value is -3.12. The van der Waals surface area contributed by atoms with Crippen LogP contribution in [0.1, 0.15) is 11.3 Å². The molecule has 6 heteroatoms. The molecule has 6 nitrogen and oxygen atoms in total. The predicted octanol–water partition coefficient (Wildman–Crippen LogP) is 2.92. The Morgan fingerprint density at radius 2 is 2.21 bits per heavy atom. The molecule has 0 radical (unpaired) electrons. The first-order chi connectivity index (χ1) is 11.7. The van der Waals surface area contributed by atoms with Gasteiger partial charge in [-0.2, -0.15) is 0 Å². The number of fused-ring (bicyclic) bond motifs is 1. The maximum Gasteiger partial charge on any atom is 0.248 e. The molecule has 0 aliphatic rings. The summed E-state index contributed by atoms with van der Waals surface area (Å²) in [6, 6.07) is 10.3. The van der Waals surface area contributed by atoms with E-state index >= 15 is 0 Å². The minimum absolute atomic E-state index is 0.212. The number of rotatable bonds is 5. The highest BCUT2D eigenvalue weighted by Gasteiger charge is 2.06. The second-order valence-electron chi connectivity index (χ2n) is 5.19. The van der Waals surface area contributed by atoms with Gasteiger partial charge in [0.2, 0.25) is 11.5 Å². The molecule has 0 atom stereocenters. The third kappa shape index (κ3) is 3.61. The van der Waals surface area contributed by atoms with E-state index in [9.17, 15) is 9.59 Å². The maximum absolute atomic E-state index is 11.9. The Morgan fingerprint density at radius 1 is 1.33 bits per heavy atom. The van der Waals surface area contributed by atoms with Crippen LogP contribution in [0.5, 0.6) is 0 Å². The first-order valence-corrected chi connectivity index (χ1v) is 7.33. The Bertz CT molecular complexity index is 939. The van der Waals surface area contributed by atoms with Crippen LogP contribution in [-0.2, 0) is 16.1 Å². The molecule has 3 aromatic rings. The molecule has 1 aromatic carbocycles. The number of anilines is 1. The van der Waals surface area contributed by atoms with Crippen LogP contribution < -0.4 is 10.9 Å². The molecule has 2 heterocycles. The second kappa shape index (κ2) is 6.97. The number of nitrogens with one attached hydrogen (secondary N) is 2. The number of H-pyrrole nitrogens is 1. The van der Waals surface area contributed by atoms with E-state index in [0.29, 0.717) is 23.6 Å². The summed E-state index contributed by atoms with van der Waals surface area (Å²) in [4.78, 5) is 26.4. The van der Waals surface area contributed by atoms with Crippen LogP contribution in [0.2, 0.25) is 0 Å². The summed E-state index contributed by atoms with van der Waals surface area (Å²) in [6.45, 7) is 0.345. The molecule has 0 aliphatic carbocycles. The molecule has 2 N–H and O–H groups in total. The van der Waals surface area contributed by atoms with Crippen LogP contribution in [0.25, 0.3) is 17.0 Å². The minimum atomic E-state index is -0.291. The zero-order valence-electron chi connectivity index (χ0n) is 13.0. The van der Waals surface area contributed by atoms with E-state index in [0.717, 1.165) is 10.9 Å². The van der Waals surface area contributed by atoms with E-state index in [1.54, 1.807) is 37.5 Å². The highest BCUT2D eigenvalue weighted by Crippen LogP contribution is 2.20. The molecule has 3 rings (SSSR count). The number of methoxy groups -OCH3 is 1. The van der Waals surface area contributed by atoms with E-state index in [1.165, 1.54) is 18.4 Å². The quantitative estimate of drug-likeness (QED) is 0.707. The molecule has 0 bridgehead atoms. The number of carbonyl (C=O) groups is 1. The van der Waals surface area contributed by atoms with Gasteiger partial charge in [0.25, 0.3) is 0 Å². The number of benzene rings is 1. The van der Waals surface area contributed by atoms with Crippen LogP contribution >= 0.6 is 0 Å². The van der Waals surface area contributed by atoms with Gasteiger partial charge < -0.3 is 19.5 Å². The van der Waals surface area contributed by atoms with Crippen molar-refractivity contribution in [3.63, 3.8) is 0 Å². The lowest BCUT2D eigenvalue weighted by Crippen LogP contribution is -2.10. The molecule has 0 fully saturated rings. The number of pyridine rings is 1. The van der Waals surface area contributed by atoms with Gasteiger partial charge in [0.15, 0.2) is 0 Å². The van der Waals surface area contributed by atoms with Gasteiger partial charge in [0, 0.05) is 30.3 Å². The van der Waals surface area contributed by atoms with Crippen molar-refractivity contribution < 1.29 is 13.9 Å². The number of hydrogen-bond acceptors (Lipinski definition) is 4. The van der Waals surface area contributed by atoms with Crippen molar-refractivity contribution in [2.24, 2.45) is 0 Å². The number of aromatic amines is 1. The number of aromatic nitrogens is 1. The second-order valence-corrected chi connectivity index (χ2v) is 5.19. The number of furan rings is 1. The predicted molar refractivity (Wildman–Crippen MR) is 91.7 cm³/mol. The van der Waals surface area contributed by atoms with E-state index in [2.05, 4.69) is 10.3 Å². The normalized spacial score (nSPS) is 11.2. The summed E-state index contributed by atoms with van der Waals surface area (Å²) in [6.07, 6.45) is 4.50. The lowest BCUT2D eigenvalue weighted by atomic mass is 10.1. The van der Waals surface area contributed by atoms with Gasteiger partial charge in [-0.25, -0.2) is 0 Å². The van der Waals surface area contributed by atoms with E-state index in [4.69, 9.17) is 9.15 Å². The molecule has 2 aromatic heterocycles. The van der Waals surface area contributed by atoms with Crippen LogP contribution in [0.3, 0.4) is 0 Å². The molecule has 0 spiro atoms. The van der Waals surface area contributed by atoms with Crippen molar-refractivity contribution in [1.29, 1.82) is 0 Å². The van der Waals surface area contributed by atoms with Gasteiger partial charge in [-0.05, 0) is 35.9 Å². The Labute approximate surface area is 137 Å². The highest BCUT2D eigenvalue weighted by molar-refractivity contribution is 6.02. The Balaban J connectivity index is 1.83. The molecule has 0 saturated heterocycles. The third-order valence-electron chi connectivity index (χ3n) is 3.44. The van der Waals surface area contributed by atoms with Crippen LogP contribution in [-0.4, -0.2) is 18.0 Å². The third-order valence-corrected chi connectivity index (χ3v) is 3.44. The summed E-state index contributed by atoms with van der Waals surface area (Å²) in [5.41, 5.74) is 1.81. The minimum Gasteiger partial charge on any atom is -0.465 e. The first kappa shape index (κ1) is 15.8. The van der Waals surface area contributed by atoms with Crippen LogP contribution in [0.4, 0.5) is 5.69 Å². The van der Waals surface area contributed by atoms with Gasteiger partial charge in [-0.1, -0.05) is 6.07 Å². The van der Waals surface area contributed by atoms with Crippen molar-refractivity contribution in [2.45, 2.75) is 6.61 Å². The van der Waals surface area contributed by atoms with E-state index in [1.807, 2.05) is 6.07 Å². The van der Waals surface area contributed by atoms with Gasteiger partial charge in [-0.15, -0.1) is 0 Å². The topological polar surface area (TPSA) is 84.3 Å². The largest absolute Gasteiger partial charge is 0.465 e. The summed E-state index contributed by atoms with van der Waals surface area (Å²) in [5, 5.41) is 3.62. The van der Waals surface area contributed by atoms with Crippen molar-refractivity contribution in [1.82, 2.24) is 4.98 Å². The molecular weight excluding hydrogens is 308 g/mol. The number of amides is 1. The lowest BCUT2D eigenvalue weighted by molar-refractivity contribution is -0.111. The summed E-state index contributed by atoms with van der Waals surface area (Å²) >= 11 is 0. The van der Waals surface area contributed by atoms with E-state index in [-0.39, 0.29) is 11.5 Å². The standard InChI is InChI=1S/C18H16N2O4/c1-23-11-12-9-18(22)20-16-10-13(4-6-15(12)16)19-17(21)7-5-14-3-2-8-24-14/h2-10H,11H2,1H3,(H,19,21)(H,20,22)/b7-5+. The van der Waals surface area contributed by atoms with Crippen molar-refractivity contribution in [3.05, 3.63) is 70.4 Å². The molecule has 122 valence electrons. The molecule has 0 unspecified atom stereocenters. The van der Waals surface area contributed by atoms with Gasteiger partial charge >= 0.3 is 0 Å². The molecule has 0 saturated carbocycles. The zero-order valence-corrected chi connectivity index (χ0v) is 13.0. The van der Waals surface area contributed by atoms with Gasteiger partial charge in [0.05, 0.1) is 18.4 Å². The first-order valence-electron chi connectivity index (χ1n) is 7.33. The summed E-state index contributed by atoms with van der Waals surface area (Å²) in [7, 11) is 1.58. The molecular formula is C18H16N2O4. The summed E-state index contributed by atoms with van der Waals surface area (Å²) < 4.78 is 10.2. The zero-order chi connectivity index (χ0) is 16.9. The SMILES string of the molecule is COCc1cc(=O)[nH]c2cc(NC(=O)/C=C/c3ccco3)ccc12. The monoisotopic (exact) mass is 324 g/mol. The van der Waals surface area contributed by atoms with Crippen LogP contribution in [0.15, 0.2) is 57.9 Å². The fourth-order valence-electron chi connectivity index (χ4n) is 2.41. The average molecular weight is 324 g/mol. The molecule has 0 aliphatic heterocycles. The number of hydrogen-bond donors (Lipinski definition) is 2. The van der Waals surface area contributed by atoms with Crippen molar-refractivity contribution in [3.8, 4) is 0 Å². The molecule has 1 amide bonds. The maximum atomic E-state index is 11.9. The molecule has 24 heavy (non-hydrogen) atoms. The van der Waals surface area contributed by atoms with Crippen LogP contribution in [0, 0.1) is 0 Å². The lowest BCUT2D eigenvalue weighted by Gasteiger charge is -2.08. The summed E-state index contributed by atoms with van der Waals surface area (Å²) in [5.74, 6) is 0.304. The van der Waals surface area contributed by atoms with Gasteiger partial charge in [0.1, 0.15) is 5.76 Å². The number of ether oxygens (including phenoxy) is 1. The number of carbonyl (C=O) groups excluding carboxylic acids is 1. The van der Waals surface area contributed by atoms with Crippen molar-refractivity contribution >= 4 is 28.6 Å². The Morgan fingerprint density at radius 3 is 2.96 bits per heavy atom. The Kier molecular flexibility index (Phi) is 4.58. The average Bonchev–Trinajstić information content (AvgIpc) is 3.06. The van der Waals surface area contributed by atoms with E-state index < -0.39 is 0 Å². The van der Waals surface area contributed by atoms with Crippen molar-refractivity contribution in [2.75, 3.05) is 12.4 Å². The van der Waals surface area contributed by atoms with Gasteiger partial charge in [-0.3, -0.25) is 9.59 Å². The smallest absolute Gasteiger partial charge is 0.248 e. The fourth-order valence-corrected chi connectivity index (χ4v) is 2.41.